The Bertz CT molecular complexity index is 430. The van der Waals surface area contributed by atoms with E-state index < -0.39 is 0 Å². The molecule has 2 unspecified atom stereocenters. The lowest BCUT2D eigenvalue weighted by molar-refractivity contribution is 0.0651. The van der Waals surface area contributed by atoms with E-state index in [9.17, 15) is 4.79 Å². The molecule has 0 radical (unpaired) electrons. The summed E-state index contributed by atoms with van der Waals surface area (Å²) in [4.78, 5) is 18.8. The highest BCUT2D eigenvalue weighted by Crippen LogP contribution is 2.30. The molecule has 2 rings (SSSR count). The fourth-order valence-electron chi connectivity index (χ4n) is 2.99. The Morgan fingerprint density at radius 1 is 1.47 bits per heavy atom. The topological polar surface area (TPSA) is 59.2 Å². The molecule has 1 heterocycles. The number of nitrogens with zero attached hydrogens (tertiary/aromatic N) is 2. The zero-order valence-corrected chi connectivity index (χ0v) is 11.8. The fraction of sp³-hybridized carbons (Fsp3) is 0.600. The van der Waals surface area contributed by atoms with Gasteiger partial charge in [0.05, 0.1) is 5.56 Å². The number of carbonyl (C=O) groups excluding carboxylic acids is 1. The maximum absolute atomic E-state index is 12.6. The van der Waals surface area contributed by atoms with E-state index >= 15 is 0 Å². The molecule has 4 nitrogen and oxygen atoms in total. The van der Waals surface area contributed by atoms with Gasteiger partial charge in [0.2, 0.25) is 0 Å². The maximum Gasteiger partial charge on any atom is 0.255 e. The first-order valence-electron chi connectivity index (χ1n) is 7.11. The predicted octanol–water partition coefficient (Wildman–Crippen LogP) is 1.98. The van der Waals surface area contributed by atoms with Crippen molar-refractivity contribution < 1.29 is 4.79 Å². The van der Waals surface area contributed by atoms with Gasteiger partial charge in [-0.1, -0.05) is 6.42 Å². The number of nitrogens with two attached hydrogens (primary N) is 1. The largest absolute Gasteiger partial charge is 0.336 e. The molecule has 1 aliphatic carbocycles. The smallest absolute Gasteiger partial charge is 0.255 e. The van der Waals surface area contributed by atoms with Gasteiger partial charge in [-0.05, 0) is 51.3 Å². The Morgan fingerprint density at radius 3 is 2.84 bits per heavy atom. The standard InChI is InChI=1S/C15H23N3O/c1-3-18(14-6-4-5-12(14)9-16)15(19)13-8-7-11(2)17-10-13/h7-8,10,12,14H,3-6,9,16H2,1-2H3. The molecule has 1 aromatic rings. The lowest BCUT2D eigenvalue weighted by Crippen LogP contribution is -2.44. The summed E-state index contributed by atoms with van der Waals surface area (Å²) in [5, 5.41) is 0. The van der Waals surface area contributed by atoms with Gasteiger partial charge in [0.25, 0.3) is 5.91 Å². The Morgan fingerprint density at radius 2 is 2.26 bits per heavy atom. The van der Waals surface area contributed by atoms with Gasteiger partial charge in [0.1, 0.15) is 0 Å². The van der Waals surface area contributed by atoms with Gasteiger partial charge in [0.15, 0.2) is 0 Å². The van der Waals surface area contributed by atoms with E-state index in [2.05, 4.69) is 4.98 Å². The van der Waals surface area contributed by atoms with Crippen molar-refractivity contribution in [2.75, 3.05) is 13.1 Å². The van der Waals surface area contributed by atoms with Crippen LogP contribution in [0.15, 0.2) is 18.3 Å². The number of hydrogen-bond acceptors (Lipinski definition) is 3. The average Bonchev–Trinajstić information content (AvgIpc) is 2.88. The molecule has 1 aliphatic rings. The number of hydrogen-bond donors (Lipinski definition) is 1. The van der Waals surface area contributed by atoms with Gasteiger partial charge < -0.3 is 10.6 Å². The molecule has 2 atom stereocenters. The molecule has 0 bridgehead atoms. The molecule has 1 fully saturated rings. The molecule has 0 spiro atoms. The van der Waals surface area contributed by atoms with Gasteiger partial charge in [0, 0.05) is 24.5 Å². The highest BCUT2D eigenvalue weighted by atomic mass is 16.2. The maximum atomic E-state index is 12.6. The average molecular weight is 261 g/mol. The second-order valence-electron chi connectivity index (χ2n) is 5.27. The van der Waals surface area contributed by atoms with E-state index in [4.69, 9.17) is 5.73 Å². The minimum atomic E-state index is 0.0837. The molecule has 104 valence electrons. The lowest BCUT2D eigenvalue weighted by atomic mass is 10.0. The molecule has 0 aliphatic heterocycles. The number of amides is 1. The third-order valence-corrected chi connectivity index (χ3v) is 4.08. The summed E-state index contributed by atoms with van der Waals surface area (Å²) in [6.45, 7) is 5.35. The third-order valence-electron chi connectivity index (χ3n) is 4.08. The number of aryl methyl sites for hydroxylation is 1. The Kier molecular flexibility index (Phi) is 4.53. The van der Waals surface area contributed by atoms with Crippen LogP contribution in [0.1, 0.15) is 42.2 Å². The van der Waals surface area contributed by atoms with E-state index in [1.54, 1.807) is 6.20 Å². The van der Waals surface area contributed by atoms with E-state index in [1.807, 2.05) is 30.9 Å². The highest BCUT2D eigenvalue weighted by molar-refractivity contribution is 5.94. The summed E-state index contributed by atoms with van der Waals surface area (Å²) in [6.07, 6.45) is 5.05. The van der Waals surface area contributed by atoms with Gasteiger partial charge in [-0.15, -0.1) is 0 Å². The monoisotopic (exact) mass is 261 g/mol. The number of pyridine rings is 1. The number of aromatic nitrogens is 1. The van der Waals surface area contributed by atoms with Gasteiger partial charge >= 0.3 is 0 Å². The van der Waals surface area contributed by atoms with Crippen molar-refractivity contribution in [3.63, 3.8) is 0 Å². The molecule has 1 amide bonds. The van der Waals surface area contributed by atoms with Gasteiger partial charge in [-0.25, -0.2) is 0 Å². The molecule has 1 aromatic heterocycles. The molecule has 2 N–H and O–H groups in total. The van der Waals surface area contributed by atoms with E-state index in [-0.39, 0.29) is 5.91 Å². The molecule has 0 saturated heterocycles. The first-order chi connectivity index (χ1) is 9.17. The summed E-state index contributed by atoms with van der Waals surface area (Å²) in [5.41, 5.74) is 7.43. The number of rotatable bonds is 4. The zero-order chi connectivity index (χ0) is 13.8. The zero-order valence-electron chi connectivity index (χ0n) is 11.8. The Balaban J connectivity index is 2.17. The lowest BCUT2D eigenvalue weighted by Gasteiger charge is -2.32. The summed E-state index contributed by atoms with van der Waals surface area (Å²) in [6, 6.07) is 4.04. The van der Waals surface area contributed by atoms with Crippen LogP contribution in [0.3, 0.4) is 0 Å². The van der Waals surface area contributed by atoms with E-state index in [0.717, 1.165) is 25.1 Å². The highest BCUT2D eigenvalue weighted by Gasteiger charge is 2.33. The molecule has 0 aromatic carbocycles. The fourth-order valence-corrected chi connectivity index (χ4v) is 2.99. The molecule has 19 heavy (non-hydrogen) atoms. The summed E-state index contributed by atoms with van der Waals surface area (Å²) in [7, 11) is 0. The van der Waals surface area contributed by atoms with E-state index in [0.29, 0.717) is 24.1 Å². The first-order valence-corrected chi connectivity index (χ1v) is 7.11. The normalized spacial score (nSPS) is 22.5. The van der Waals surface area contributed by atoms with Crippen LogP contribution in [0, 0.1) is 12.8 Å². The van der Waals surface area contributed by atoms with Crippen molar-refractivity contribution in [3.05, 3.63) is 29.6 Å². The predicted molar refractivity (Wildman–Crippen MR) is 75.9 cm³/mol. The Hall–Kier alpha value is -1.42. The van der Waals surface area contributed by atoms with E-state index in [1.165, 1.54) is 6.42 Å². The van der Waals surface area contributed by atoms with Crippen molar-refractivity contribution in [2.24, 2.45) is 11.7 Å². The van der Waals surface area contributed by atoms with Crippen molar-refractivity contribution >= 4 is 5.91 Å². The molecular weight excluding hydrogens is 238 g/mol. The van der Waals surface area contributed by atoms with Crippen molar-refractivity contribution in [1.82, 2.24) is 9.88 Å². The molecule has 1 saturated carbocycles. The second kappa shape index (κ2) is 6.15. The van der Waals surface area contributed by atoms with Gasteiger partial charge in [-0.3, -0.25) is 9.78 Å². The van der Waals surface area contributed by atoms with Crippen LogP contribution in [0.4, 0.5) is 0 Å². The van der Waals surface area contributed by atoms with Crippen LogP contribution in [0.25, 0.3) is 0 Å². The van der Waals surface area contributed by atoms with Crippen LogP contribution < -0.4 is 5.73 Å². The summed E-state index contributed by atoms with van der Waals surface area (Å²) >= 11 is 0. The van der Waals surface area contributed by atoms with Crippen LogP contribution in [-0.2, 0) is 0 Å². The van der Waals surface area contributed by atoms with Crippen LogP contribution in [0.5, 0.6) is 0 Å². The quantitative estimate of drug-likeness (QED) is 0.901. The second-order valence-corrected chi connectivity index (χ2v) is 5.27. The third kappa shape index (κ3) is 2.95. The van der Waals surface area contributed by atoms with Crippen LogP contribution >= 0.6 is 0 Å². The summed E-state index contributed by atoms with van der Waals surface area (Å²) in [5.74, 6) is 0.530. The minimum Gasteiger partial charge on any atom is -0.336 e. The van der Waals surface area contributed by atoms with Crippen molar-refractivity contribution in [3.8, 4) is 0 Å². The van der Waals surface area contributed by atoms with Gasteiger partial charge in [-0.2, -0.15) is 0 Å². The van der Waals surface area contributed by atoms with Crippen molar-refractivity contribution in [2.45, 2.75) is 39.2 Å². The molecule has 4 heteroatoms. The van der Waals surface area contributed by atoms with Crippen LogP contribution in [-0.4, -0.2) is 34.9 Å². The first kappa shape index (κ1) is 14.0. The minimum absolute atomic E-state index is 0.0837. The SMILES string of the molecule is CCN(C(=O)c1ccc(C)nc1)C1CCCC1CN. The Labute approximate surface area is 115 Å². The molecular formula is C15H23N3O. The number of carbonyl (C=O) groups is 1. The van der Waals surface area contributed by atoms with Crippen LogP contribution in [0.2, 0.25) is 0 Å². The summed E-state index contributed by atoms with van der Waals surface area (Å²) < 4.78 is 0. The van der Waals surface area contributed by atoms with Crippen molar-refractivity contribution in [1.29, 1.82) is 0 Å².